The molecule has 21 heavy (non-hydrogen) atoms. The lowest BCUT2D eigenvalue weighted by Crippen LogP contribution is -2.46. The summed E-state index contributed by atoms with van der Waals surface area (Å²) in [5.74, 6) is 4.59. The van der Waals surface area contributed by atoms with Crippen LogP contribution in [0.25, 0.3) is 0 Å². The minimum Gasteiger partial charge on any atom is -0.384 e. The molecule has 0 atom stereocenters. The van der Waals surface area contributed by atoms with Crippen molar-refractivity contribution in [2.75, 3.05) is 6.61 Å². The van der Waals surface area contributed by atoms with Crippen molar-refractivity contribution >= 4 is 11.8 Å². The molecule has 0 saturated carbocycles. The first-order valence-corrected chi connectivity index (χ1v) is 6.56. The highest BCUT2D eigenvalue weighted by Gasteiger charge is 2.23. The van der Waals surface area contributed by atoms with Crippen molar-refractivity contribution in [3.63, 3.8) is 0 Å². The van der Waals surface area contributed by atoms with Crippen LogP contribution < -0.4 is 11.1 Å². The fraction of sp³-hybridized carbons (Fsp3) is 0.375. The van der Waals surface area contributed by atoms with E-state index in [1.54, 1.807) is 32.0 Å². The number of aliphatic hydroxyl groups is 1. The lowest BCUT2D eigenvalue weighted by molar-refractivity contribution is -0.119. The van der Waals surface area contributed by atoms with Crippen molar-refractivity contribution in [1.29, 1.82) is 0 Å². The number of aliphatic hydroxyl groups excluding tert-OH is 1. The van der Waals surface area contributed by atoms with Gasteiger partial charge in [0.2, 0.25) is 5.91 Å². The predicted octanol–water partition coefficient (Wildman–Crippen LogP) is 0.723. The topological polar surface area (TPSA) is 92.4 Å². The van der Waals surface area contributed by atoms with Crippen LogP contribution in [-0.4, -0.2) is 29.1 Å². The van der Waals surface area contributed by atoms with Gasteiger partial charge >= 0.3 is 0 Å². The molecule has 5 nitrogen and oxygen atoms in total. The lowest BCUT2D eigenvalue weighted by atomic mass is 9.98. The van der Waals surface area contributed by atoms with E-state index in [0.29, 0.717) is 11.1 Å². The van der Waals surface area contributed by atoms with E-state index in [1.165, 1.54) is 0 Å². The molecule has 1 aromatic carbocycles. The summed E-state index contributed by atoms with van der Waals surface area (Å²) in [5.41, 5.74) is 6.49. The van der Waals surface area contributed by atoms with Gasteiger partial charge in [-0.2, -0.15) is 0 Å². The van der Waals surface area contributed by atoms with Crippen molar-refractivity contribution in [2.24, 2.45) is 5.73 Å². The van der Waals surface area contributed by atoms with Gasteiger partial charge in [-0.05, 0) is 38.5 Å². The Bertz CT molecular complexity index is 610. The largest absolute Gasteiger partial charge is 0.384 e. The van der Waals surface area contributed by atoms with Gasteiger partial charge in [0.15, 0.2) is 0 Å². The molecule has 2 amide bonds. The molecule has 0 unspecified atom stereocenters. The van der Waals surface area contributed by atoms with Crippen LogP contribution in [-0.2, 0) is 4.79 Å². The molecule has 0 aliphatic rings. The smallest absolute Gasteiger partial charge is 0.251 e. The zero-order chi connectivity index (χ0) is 16.0. The number of nitrogens with one attached hydrogen (secondary N) is 1. The molecule has 112 valence electrons. The summed E-state index contributed by atoms with van der Waals surface area (Å²) in [6.07, 6.45) is 0.0573. The number of hydrogen-bond donors (Lipinski definition) is 3. The minimum absolute atomic E-state index is 0.0573. The van der Waals surface area contributed by atoms with Crippen LogP contribution in [0, 0.1) is 18.8 Å². The highest BCUT2D eigenvalue weighted by atomic mass is 16.2. The van der Waals surface area contributed by atoms with E-state index in [1.807, 2.05) is 6.92 Å². The zero-order valence-corrected chi connectivity index (χ0v) is 12.5. The van der Waals surface area contributed by atoms with Crippen molar-refractivity contribution in [3.8, 4) is 11.8 Å². The highest BCUT2D eigenvalue weighted by molar-refractivity contribution is 5.95. The summed E-state index contributed by atoms with van der Waals surface area (Å²) in [5, 5.41) is 11.5. The second kappa shape index (κ2) is 6.91. The molecule has 0 heterocycles. The Morgan fingerprint density at radius 2 is 2.05 bits per heavy atom. The number of benzene rings is 1. The van der Waals surface area contributed by atoms with Crippen molar-refractivity contribution in [2.45, 2.75) is 32.7 Å². The summed E-state index contributed by atoms with van der Waals surface area (Å²) in [6, 6.07) is 5.14. The van der Waals surface area contributed by atoms with Crippen molar-refractivity contribution in [1.82, 2.24) is 5.32 Å². The maximum atomic E-state index is 12.2. The Hall–Kier alpha value is -2.32. The number of rotatable bonds is 4. The number of amides is 2. The third-order valence-corrected chi connectivity index (χ3v) is 2.87. The number of aryl methyl sites for hydroxylation is 1. The van der Waals surface area contributed by atoms with Gasteiger partial charge in [-0.25, -0.2) is 0 Å². The third kappa shape index (κ3) is 5.28. The summed E-state index contributed by atoms with van der Waals surface area (Å²) < 4.78 is 0. The van der Waals surface area contributed by atoms with Crippen LogP contribution in [0.4, 0.5) is 0 Å². The molecule has 0 bridgehead atoms. The SMILES string of the molecule is Cc1ccc(C(=O)NC(C)(C)CC(N)=O)cc1C#CCO. The third-order valence-electron chi connectivity index (χ3n) is 2.87. The first-order chi connectivity index (χ1) is 9.75. The standard InChI is InChI=1S/C16H20N2O3/c1-11-6-7-13(9-12(11)5-4-8-19)15(21)18-16(2,3)10-14(17)20/h6-7,9,19H,8,10H2,1-3H3,(H2,17,20)(H,18,21). The summed E-state index contributed by atoms with van der Waals surface area (Å²) >= 11 is 0. The van der Waals surface area contributed by atoms with Crippen LogP contribution in [0.1, 0.15) is 41.8 Å². The Morgan fingerprint density at radius 3 is 2.62 bits per heavy atom. The molecule has 1 aromatic rings. The Balaban J connectivity index is 2.95. The van der Waals surface area contributed by atoms with Gasteiger partial charge in [0, 0.05) is 23.1 Å². The van der Waals surface area contributed by atoms with Crippen LogP contribution in [0.15, 0.2) is 18.2 Å². The normalized spacial score (nSPS) is 10.5. The number of primary amides is 1. The van der Waals surface area contributed by atoms with Gasteiger partial charge in [0.1, 0.15) is 6.61 Å². The van der Waals surface area contributed by atoms with Crippen LogP contribution in [0.3, 0.4) is 0 Å². The number of nitrogens with two attached hydrogens (primary N) is 1. The van der Waals surface area contributed by atoms with Crippen LogP contribution >= 0.6 is 0 Å². The van der Waals surface area contributed by atoms with Gasteiger partial charge < -0.3 is 16.2 Å². The molecule has 0 radical (unpaired) electrons. The van der Waals surface area contributed by atoms with Crippen LogP contribution in [0.5, 0.6) is 0 Å². The van der Waals surface area contributed by atoms with Crippen molar-refractivity contribution < 1.29 is 14.7 Å². The molecule has 0 spiro atoms. The van der Waals surface area contributed by atoms with Gasteiger partial charge in [0.25, 0.3) is 5.91 Å². The predicted molar refractivity (Wildman–Crippen MR) is 80.5 cm³/mol. The summed E-state index contributed by atoms with van der Waals surface area (Å²) in [6.45, 7) is 5.11. The molecular formula is C16H20N2O3. The van der Waals surface area contributed by atoms with Gasteiger partial charge in [-0.15, -0.1) is 0 Å². The molecule has 5 heteroatoms. The van der Waals surface area contributed by atoms with Crippen molar-refractivity contribution in [3.05, 3.63) is 34.9 Å². The number of carbonyl (C=O) groups is 2. The van der Waals surface area contributed by atoms with E-state index in [0.717, 1.165) is 5.56 Å². The van der Waals surface area contributed by atoms with Gasteiger partial charge in [-0.1, -0.05) is 17.9 Å². The van der Waals surface area contributed by atoms with E-state index in [2.05, 4.69) is 17.2 Å². The average molecular weight is 288 g/mol. The molecule has 0 fully saturated rings. The van der Waals surface area contributed by atoms with Crippen LogP contribution in [0.2, 0.25) is 0 Å². The van der Waals surface area contributed by atoms with E-state index >= 15 is 0 Å². The Labute approximate surface area is 124 Å². The maximum Gasteiger partial charge on any atom is 0.251 e. The molecular weight excluding hydrogens is 268 g/mol. The van der Waals surface area contributed by atoms with Gasteiger partial charge in [-0.3, -0.25) is 9.59 Å². The monoisotopic (exact) mass is 288 g/mol. The quantitative estimate of drug-likeness (QED) is 0.713. The fourth-order valence-electron chi connectivity index (χ4n) is 1.89. The minimum atomic E-state index is -0.718. The summed E-state index contributed by atoms with van der Waals surface area (Å²) in [7, 11) is 0. The Morgan fingerprint density at radius 1 is 1.38 bits per heavy atom. The fourth-order valence-corrected chi connectivity index (χ4v) is 1.89. The lowest BCUT2D eigenvalue weighted by Gasteiger charge is -2.24. The molecule has 0 saturated heterocycles. The first-order valence-electron chi connectivity index (χ1n) is 6.56. The zero-order valence-electron chi connectivity index (χ0n) is 12.5. The van der Waals surface area contributed by atoms with E-state index in [4.69, 9.17) is 10.8 Å². The van der Waals surface area contributed by atoms with E-state index in [9.17, 15) is 9.59 Å². The second-order valence-corrected chi connectivity index (χ2v) is 5.47. The highest BCUT2D eigenvalue weighted by Crippen LogP contribution is 2.13. The second-order valence-electron chi connectivity index (χ2n) is 5.47. The maximum absolute atomic E-state index is 12.2. The molecule has 0 aliphatic carbocycles. The average Bonchev–Trinajstić information content (AvgIpc) is 2.35. The summed E-state index contributed by atoms with van der Waals surface area (Å²) in [4.78, 5) is 23.2. The molecule has 1 rings (SSSR count). The van der Waals surface area contributed by atoms with E-state index in [-0.39, 0.29) is 18.9 Å². The molecule has 0 aromatic heterocycles. The molecule has 0 aliphatic heterocycles. The first kappa shape index (κ1) is 16.7. The number of hydrogen-bond acceptors (Lipinski definition) is 3. The Kier molecular flexibility index (Phi) is 5.51. The molecule has 4 N–H and O–H groups in total. The van der Waals surface area contributed by atoms with Gasteiger partial charge in [0.05, 0.1) is 0 Å². The van der Waals surface area contributed by atoms with E-state index < -0.39 is 11.4 Å². The number of carbonyl (C=O) groups excluding carboxylic acids is 2.